The van der Waals surface area contributed by atoms with E-state index < -0.39 is 0 Å². The van der Waals surface area contributed by atoms with E-state index in [4.69, 9.17) is 0 Å². The molecule has 1 rings (SSSR count). The molecule has 0 aromatic carbocycles. The highest BCUT2D eigenvalue weighted by Gasteiger charge is 2.43. The Bertz CT molecular complexity index is 140. The van der Waals surface area contributed by atoms with Crippen LogP contribution >= 0.6 is 0 Å². The minimum atomic E-state index is 0.458. The van der Waals surface area contributed by atoms with Gasteiger partial charge in [-0.3, -0.25) is 0 Å². The largest absolute Gasteiger partial charge is 0.0991 e. The first-order valence-electron chi connectivity index (χ1n) is 3.32. The number of rotatable bonds is 2. The van der Waals surface area contributed by atoms with E-state index in [-0.39, 0.29) is 0 Å². The van der Waals surface area contributed by atoms with Crippen LogP contribution in [-0.2, 0) is 0 Å². The third-order valence-electron chi connectivity index (χ3n) is 1.81. The molecule has 0 aliphatic heterocycles. The average Bonchev–Trinajstić information content (AvgIpc) is 2.35. The van der Waals surface area contributed by atoms with Crippen LogP contribution in [0.3, 0.4) is 0 Å². The Kier molecular flexibility index (Phi) is 1.48. The predicted octanol–water partition coefficient (Wildman–Crippen LogP) is 2.59. The van der Waals surface area contributed by atoms with Gasteiger partial charge in [-0.05, 0) is 17.8 Å². The lowest BCUT2D eigenvalue weighted by atomic mass is 10.1. The van der Waals surface area contributed by atoms with Gasteiger partial charge < -0.3 is 0 Å². The Labute approximate surface area is 57.3 Å². The molecule has 1 atom stereocenters. The minimum Gasteiger partial charge on any atom is -0.0991 e. The first kappa shape index (κ1) is 6.60. The lowest BCUT2D eigenvalue weighted by Crippen LogP contribution is -1.84. The summed E-state index contributed by atoms with van der Waals surface area (Å²) in [6, 6.07) is 0. The summed E-state index contributed by atoms with van der Waals surface area (Å²) in [4.78, 5) is 0. The molecule has 1 unspecified atom stereocenters. The van der Waals surface area contributed by atoms with Gasteiger partial charge in [0.05, 0.1) is 0 Å². The quantitative estimate of drug-likeness (QED) is 0.492. The van der Waals surface area contributed by atoms with Crippen molar-refractivity contribution in [3.05, 3.63) is 31.2 Å². The summed E-state index contributed by atoms with van der Waals surface area (Å²) in [6.07, 6.45) is 8.35. The molecule has 0 spiro atoms. The van der Waals surface area contributed by atoms with Crippen LogP contribution in [-0.4, -0.2) is 0 Å². The summed E-state index contributed by atoms with van der Waals surface area (Å²) >= 11 is 0. The molecule has 0 aromatic rings. The van der Waals surface area contributed by atoms with Gasteiger partial charge >= 0.3 is 0 Å². The molecule has 0 nitrogen and oxygen atoms in total. The third kappa shape index (κ3) is 1.44. The van der Waals surface area contributed by atoms with Gasteiger partial charge in [0.15, 0.2) is 0 Å². The van der Waals surface area contributed by atoms with E-state index in [0.717, 1.165) is 0 Å². The molecule has 9 heavy (non-hydrogen) atoms. The first-order chi connectivity index (χ1) is 4.17. The molecular formula is C9H13. The molecule has 1 saturated carbocycles. The fourth-order valence-corrected chi connectivity index (χ4v) is 0.917. The number of allylic oxidation sites excluding steroid dienone is 3. The molecule has 0 aromatic heterocycles. The zero-order chi connectivity index (χ0) is 6.91. The van der Waals surface area contributed by atoms with E-state index in [1.807, 2.05) is 12.2 Å². The highest BCUT2D eigenvalue weighted by atomic mass is 14.5. The van der Waals surface area contributed by atoms with E-state index >= 15 is 0 Å². The Balaban J connectivity index is 2.35. The molecule has 1 radical (unpaired) electrons. The van der Waals surface area contributed by atoms with Crippen LogP contribution in [0.4, 0.5) is 0 Å². The van der Waals surface area contributed by atoms with E-state index in [2.05, 4.69) is 32.9 Å². The van der Waals surface area contributed by atoms with Crippen LogP contribution in [0.25, 0.3) is 0 Å². The third-order valence-corrected chi connectivity index (χ3v) is 1.81. The van der Waals surface area contributed by atoms with Gasteiger partial charge in [0.1, 0.15) is 0 Å². The maximum atomic E-state index is 3.61. The summed E-state index contributed by atoms with van der Waals surface area (Å²) in [5, 5.41) is 0. The van der Waals surface area contributed by atoms with Gasteiger partial charge in [-0.15, -0.1) is 0 Å². The van der Waals surface area contributed by atoms with Crippen molar-refractivity contribution in [3.63, 3.8) is 0 Å². The maximum absolute atomic E-state index is 3.61. The zero-order valence-corrected chi connectivity index (χ0v) is 6.09. The number of hydrogen-bond acceptors (Lipinski definition) is 0. The van der Waals surface area contributed by atoms with Gasteiger partial charge in [-0.25, -0.2) is 0 Å². The predicted molar refractivity (Wildman–Crippen MR) is 40.9 cm³/mol. The second-order valence-corrected chi connectivity index (χ2v) is 3.13. The Morgan fingerprint density at radius 1 is 1.56 bits per heavy atom. The lowest BCUT2D eigenvalue weighted by Gasteiger charge is -1.93. The monoisotopic (exact) mass is 121 g/mol. The lowest BCUT2D eigenvalue weighted by molar-refractivity contribution is 0.625. The van der Waals surface area contributed by atoms with Crippen LogP contribution in [0.1, 0.15) is 13.8 Å². The van der Waals surface area contributed by atoms with Crippen LogP contribution < -0.4 is 0 Å². The van der Waals surface area contributed by atoms with Crippen LogP contribution in [0.2, 0.25) is 0 Å². The van der Waals surface area contributed by atoms with Gasteiger partial charge in [0.25, 0.3) is 0 Å². The van der Waals surface area contributed by atoms with Crippen LogP contribution in [0.5, 0.6) is 0 Å². The summed E-state index contributed by atoms with van der Waals surface area (Å²) in [7, 11) is 0. The van der Waals surface area contributed by atoms with Crippen molar-refractivity contribution in [1.82, 2.24) is 0 Å². The molecule has 0 bridgehead atoms. The molecule has 0 saturated heterocycles. The van der Waals surface area contributed by atoms with Gasteiger partial charge in [0.2, 0.25) is 0 Å². The molecule has 0 amide bonds. The molecule has 0 N–H and O–H groups in total. The smallest absolute Gasteiger partial charge is 0.0139 e. The van der Waals surface area contributed by atoms with Crippen molar-refractivity contribution in [2.75, 3.05) is 0 Å². The standard InChI is InChI=1S/C9H13/c1-4-5-6-8-7-9(8,2)3/h4-8H,1H2,2-3H3. The topological polar surface area (TPSA) is 0 Å². The van der Waals surface area contributed by atoms with Gasteiger partial charge in [-0.1, -0.05) is 38.7 Å². The molecule has 49 valence electrons. The van der Waals surface area contributed by atoms with Crippen LogP contribution in [0.15, 0.2) is 24.8 Å². The Morgan fingerprint density at radius 2 is 2.11 bits per heavy atom. The molecule has 1 aliphatic rings. The summed E-state index contributed by atoms with van der Waals surface area (Å²) < 4.78 is 0. The van der Waals surface area contributed by atoms with Crippen molar-refractivity contribution < 1.29 is 0 Å². The summed E-state index contributed by atoms with van der Waals surface area (Å²) in [5.41, 5.74) is 0.458. The SMILES string of the molecule is C=CC=CC1[CH]C1(C)C. The van der Waals surface area contributed by atoms with Gasteiger partial charge in [0, 0.05) is 0 Å². The van der Waals surface area contributed by atoms with E-state index in [9.17, 15) is 0 Å². The van der Waals surface area contributed by atoms with E-state index in [1.54, 1.807) is 0 Å². The minimum absolute atomic E-state index is 0.458. The van der Waals surface area contributed by atoms with Crippen molar-refractivity contribution >= 4 is 0 Å². The second-order valence-electron chi connectivity index (χ2n) is 3.13. The average molecular weight is 121 g/mol. The van der Waals surface area contributed by atoms with Crippen molar-refractivity contribution in [1.29, 1.82) is 0 Å². The molecule has 0 heterocycles. The fraction of sp³-hybridized carbons (Fsp3) is 0.444. The maximum Gasteiger partial charge on any atom is -0.0139 e. The molecule has 1 fully saturated rings. The van der Waals surface area contributed by atoms with Crippen molar-refractivity contribution in [2.45, 2.75) is 13.8 Å². The zero-order valence-electron chi connectivity index (χ0n) is 6.09. The van der Waals surface area contributed by atoms with Crippen molar-refractivity contribution in [3.8, 4) is 0 Å². The van der Waals surface area contributed by atoms with E-state index in [1.165, 1.54) is 0 Å². The molecular weight excluding hydrogens is 108 g/mol. The molecule has 0 heteroatoms. The van der Waals surface area contributed by atoms with Crippen LogP contribution in [0, 0.1) is 17.8 Å². The highest BCUT2D eigenvalue weighted by Crippen LogP contribution is 2.50. The van der Waals surface area contributed by atoms with E-state index in [0.29, 0.717) is 11.3 Å². The summed E-state index contributed by atoms with van der Waals surface area (Å²) in [5.74, 6) is 0.690. The normalized spacial score (nSPS) is 30.7. The van der Waals surface area contributed by atoms with Gasteiger partial charge in [-0.2, -0.15) is 0 Å². The Morgan fingerprint density at radius 3 is 2.44 bits per heavy atom. The summed E-state index contributed by atoms with van der Waals surface area (Å²) in [6.45, 7) is 8.09. The van der Waals surface area contributed by atoms with Crippen molar-refractivity contribution in [2.24, 2.45) is 11.3 Å². The second kappa shape index (κ2) is 2.02. The fourth-order valence-electron chi connectivity index (χ4n) is 0.917. The molecule has 1 aliphatic carbocycles. The first-order valence-corrected chi connectivity index (χ1v) is 3.32. The highest BCUT2D eigenvalue weighted by molar-refractivity contribution is 5.23. The number of hydrogen-bond donors (Lipinski definition) is 0. The Hall–Kier alpha value is -0.520.